The number of hydrogen-bond acceptors (Lipinski definition) is 7. The van der Waals surface area contributed by atoms with Crippen molar-refractivity contribution < 1.29 is 31.9 Å². The third kappa shape index (κ3) is 5.30. The Bertz CT molecular complexity index is 1660. The molecule has 2 amide bonds. The second-order valence-electron chi connectivity index (χ2n) is 8.33. The summed E-state index contributed by atoms with van der Waals surface area (Å²) >= 11 is 0. The fraction of sp³-hybridized carbons (Fsp3) is 0.160. The lowest BCUT2D eigenvalue weighted by molar-refractivity contribution is -0.142. The van der Waals surface area contributed by atoms with Crippen molar-refractivity contribution in [2.45, 2.75) is 12.7 Å². The number of amides is 2. The molecule has 4 aromatic heterocycles. The van der Waals surface area contributed by atoms with Gasteiger partial charge in [0.2, 0.25) is 0 Å². The number of furan rings is 1. The van der Waals surface area contributed by atoms with Crippen LogP contribution in [-0.4, -0.2) is 43.3 Å². The number of alkyl halides is 3. The van der Waals surface area contributed by atoms with Crippen LogP contribution in [0.4, 0.5) is 18.9 Å². The summed E-state index contributed by atoms with van der Waals surface area (Å²) in [5.41, 5.74) is -1.26. The van der Waals surface area contributed by atoms with Gasteiger partial charge >= 0.3 is 6.18 Å². The molecule has 39 heavy (non-hydrogen) atoms. The molecule has 0 aliphatic carbocycles. The van der Waals surface area contributed by atoms with E-state index in [1.165, 1.54) is 24.3 Å². The van der Waals surface area contributed by atoms with Crippen molar-refractivity contribution in [1.29, 1.82) is 0 Å². The minimum Gasteiger partial charge on any atom is -0.497 e. The maximum absolute atomic E-state index is 13.9. The highest BCUT2D eigenvalue weighted by Gasteiger charge is 2.36. The van der Waals surface area contributed by atoms with Gasteiger partial charge < -0.3 is 19.8 Å². The quantitative estimate of drug-likeness (QED) is 0.321. The molecule has 4 heterocycles. The predicted molar refractivity (Wildman–Crippen MR) is 131 cm³/mol. The topological polar surface area (TPSA) is 129 Å². The minimum absolute atomic E-state index is 0.0344. The van der Waals surface area contributed by atoms with Crippen LogP contribution in [0.3, 0.4) is 0 Å². The van der Waals surface area contributed by atoms with E-state index < -0.39 is 23.7 Å². The van der Waals surface area contributed by atoms with Gasteiger partial charge in [0.25, 0.3) is 11.8 Å². The monoisotopic (exact) mass is 539 g/mol. The van der Waals surface area contributed by atoms with Crippen molar-refractivity contribution in [2.75, 3.05) is 12.4 Å². The molecule has 2 N–H and O–H groups in total. The number of aryl methyl sites for hydroxylation is 1. The first-order valence-electron chi connectivity index (χ1n) is 11.4. The third-order valence-electron chi connectivity index (χ3n) is 5.63. The Kier molecular flexibility index (Phi) is 6.52. The van der Waals surface area contributed by atoms with Gasteiger partial charge in [-0.2, -0.15) is 23.4 Å². The van der Waals surface area contributed by atoms with E-state index >= 15 is 0 Å². The van der Waals surface area contributed by atoms with E-state index in [0.717, 1.165) is 12.1 Å². The molecule has 0 bridgehead atoms. The van der Waals surface area contributed by atoms with Gasteiger partial charge in [0, 0.05) is 24.9 Å². The van der Waals surface area contributed by atoms with Gasteiger partial charge in [0.1, 0.15) is 11.5 Å². The summed E-state index contributed by atoms with van der Waals surface area (Å²) < 4.78 is 53.9. The average molecular weight is 539 g/mol. The molecule has 5 rings (SSSR count). The Hall–Kier alpha value is -5.14. The van der Waals surface area contributed by atoms with Crippen LogP contribution in [0.15, 0.2) is 65.4 Å². The summed E-state index contributed by atoms with van der Waals surface area (Å²) in [5, 5.41) is 13.0. The predicted octanol–water partition coefficient (Wildman–Crippen LogP) is 3.93. The molecule has 0 radical (unpaired) electrons. The number of fused-ring (bicyclic) bond motifs is 1. The zero-order chi connectivity index (χ0) is 27.7. The highest BCUT2D eigenvalue weighted by atomic mass is 19.4. The molecular weight excluding hydrogens is 519 g/mol. The average Bonchev–Trinajstić information content (AvgIpc) is 3.66. The van der Waals surface area contributed by atoms with E-state index in [-0.39, 0.29) is 35.0 Å². The van der Waals surface area contributed by atoms with E-state index in [2.05, 4.69) is 25.8 Å². The molecule has 200 valence electrons. The highest BCUT2D eigenvalue weighted by molar-refractivity contribution is 6.07. The van der Waals surface area contributed by atoms with Crippen LogP contribution in [0.2, 0.25) is 0 Å². The van der Waals surface area contributed by atoms with Crippen molar-refractivity contribution in [3.63, 3.8) is 0 Å². The lowest BCUT2D eigenvalue weighted by Crippen LogP contribution is -2.25. The summed E-state index contributed by atoms with van der Waals surface area (Å²) in [7, 11) is 3.02. The molecule has 1 aromatic carbocycles. The molecule has 14 heteroatoms. The molecule has 0 fully saturated rings. The first-order valence-corrected chi connectivity index (χ1v) is 11.4. The van der Waals surface area contributed by atoms with Crippen LogP contribution in [0, 0.1) is 0 Å². The molecule has 0 unspecified atom stereocenters. The number of rotatable bonds is 7. The van der Waals surface area contributed by atoms with Crippen LogP contribution in [0.25, 0.3) is 16.9 Å². The second-order valence-corrected chi connectivity index (χ2v) is 8.33. The normalized spacial score (nSPS) is 11.5. The van der Waals surface area contributed by atoms with Crippen LogP contribution >= 0.6 is 0 Å². The number of carbonyl (C=O) groups is 2. The molecule has 0 aliphatic heterocycles. The van der Waals surface area contributed by atoms with Gasteiger partial charge in [0.15, 0.2) is 22.7 Å². The first-order chi connectivity index (χ1) is 18.6. The van der Waals surface area contributed by atoms with Crippen molar-refractivity contribution >= 4 is 23.1 Å². The first kappa shape index (κ1) is 25.5. The zero-order valence-corrected chi connectivity index (χ0v) is 20.5. The van der Waals surface area contributed by atoms with Crippen molar-refractivity contribution in [1.82, 2.24) is 29.7 Å². The molecule has 5 aromatic rings. The van der Waals surface area contributed by atoms with Gasteiger partial charge in [-0.05, 0) is 42.5 Å². The highest BCUT2D eigenvalue weighted by Crippen LogP contribution is 2.33. The summed E-state index contributed by atoms with van der Waals surface area (Å²) in [6, 6.07) is 11.7. The number of carbonyl (C=O) groups excluding carboxylic acids is 2. The second kappa shape index (κ2) is 9.96. The van der Waals surface area contributed by atoms with Gasteiger partial charge in [-0.3, -0.25) is 14.3 Å². The maximum atomic E-state index is 13.9. The Morgan fingerprint density at radius 3 is 2.51 bits per heavy atom. The van der Waals surface area contributed by atoms with Crippen molar-refractivity contribution in [3.8, 4) is 17.0 Å². The van der Waals surface area contributed by atoms with Gasteiger partial charge in [0.05, 0.1) is 31.3 Å². The molecule has 0 aliphatic rings. The molecule has 0 atom stereocenters. The molecule has 0 spiro atoms. The number of hydrogen-bond donors (Lipinski definition) is 2. The summed E-state index contributed by atoms with van der Waals surface area (Å²) in [5.74, 6) is -0.407. The van der Waals surface area contributed by atoms with E-state index in [1.807, 2.05) is 0 Å². The van der Waals surface area contributed by atoms with Crippen LogP contribution in [0.5, 0.6) is 5.75 Å². The Balaban J connectivity index is 1.44. The molecular formula is C25H20F3N7O4. The van der Waals surface area contributed by atoms with E-state index in [0.29, 0.717) is 21.6 Å². The number of anilines is 1. The summed E-state index contributed by atoms with van der Waals surface area (Å²) in [4.78, 5) is 29.9. The van der Waals surface area contributed by atoms with Gasteiger partial charge in [-0.25, -0.2) is 9.50 Å². The number of benzene rings is 1. The Labute approximate surface area is 218 Å². The Morgan fingerprint density at radius 1 is 1.08 bits per heavy atom. The number of ether oxygens (including phenoxy) is 1. The number of nitrogens with one attached hydrogen (secondary N) is 2. The van der Waals surface area contributed by atoms with E-state index in [4.69, 9.17) is 9.15 Å². The fourth-order valence-corrected chi connectivity index (χ4v) is 3.80. The van der Waals surface area contributed by atoms with Crippen LogP contribution < -0.4 is 15.4 Å². The van der Waals surface area contributed by atoms with Crippen LogP contribution in [0.1, 0.15) is 32.4 Å². The molecule has 11 nitrogen and oxygen atoms in total. The number of nitrogens with zero attached hydrogens (tertiary/aromatic N) is 5. The SMILES string of the molecule is COc1ccc(-c2cc(C(F)(F)F)n3nc(C(=O)Nc4cn(C)nc4C(=O)NCc4ccco4)cc3n2)cc1. The van der Waals surface area contributed by atoms with E-state index in [1.54, 1.807) is 43.4 Å². The summed E-state index contributed by atoms with van der Waals surface area (Å²) in [6.07, 6.45) is -1.94. The minimum atomic E-state index is -4.79. The smallest absolute Gasteiger partial charge is 0.433 e. The molecule has 0 saturated carbocycles. The standard InChI is InChI=1S/C25H20F3N7O4/c1-34-13-19(22(33-34)24(37)29-12-16-4-3-9-39-16)31-23(36)18-11-21-30-17(14-5-7-15(38-2)8-6-14)10-20(25(26,27)28)35(21)32-18/h3-11,13H,12H2,1-2H3,(H,29,37)(H,31,36). The van der Waals surface area contributed by atoms with Gasteiger partial charge in [-0.1, -0.05) is 0 Å². The fourth-order valence-electron chi connectivity index (χ4n) is 3.80. The van der Waals surface area contributed by atoms with E-state index in [9.17, 15) is 22.8 Å². The number of aromatic nitrogens is 5. The summed E-state index contributed by atoms with van der Waals surface area (Å²) in [6.45, 7) is 0.0879. The zero-order valence-electron chi connectivity index (χ0n) is 20.5. The largest absolute Gasteiger partial charge is 0.497 e. The van der Waals surface area contributed by atoms with Crippen molar-refractivity contribution in [2.24, 2.45) is 7.05 Å². The Morgan fingerprint density at radius 2 is 1.85 bits per heavy atom. The lowest BCUT2D eigenvalue weighted by atomic mass is 10.1. The third-order valence-corrected chi connectivity index (χ3v) is 5.63. The molecule has 0 saturated heterocycles. The number of halogens is 3. The van der Waals surface area contributed by atoms with Crippen LogP contribution in [-0.2, 0) is 19.8 Å². The van der Waals surface area contributed by atoms with Crippen molar-refractivity contribution in [3.05, 3.63) is 83.8 Å². The van der Waals surface area contributed by atoms with Gasteiger partial charge in [-0.15, -0.1) is 0 Å². The maximum Gasteiger partial charge on any atom is 0.433 e. The number of methoxy groups -OCH3 is 1. The lowest BCUT2D eigenvalue weighted by Gasteiger charge is -2.11.